The first-order valence-corrected chi connectivity index (χ1v) is 9.49. The minimum atomic E-state index is -0.452. The summed E-state index contributed by atoms with van der Waals surface area (Å²) in [6.07, 6.45) is 1.65. The van der Waals surface area contributed by atoms with E-state index in [-0.39, 0.29) is 6.61 Å². The zero-order valence-corrected chi connectivity index (χ0v) is 16.2. The van der Waals surface area contributed by atoms with E-state index in [0.29, 0.717) is 21.2 Å². The number of carbonyl (C=O) groups is 1. The lowest BCUT2D eigenvalue weighted by atomic mass is 10.0. The number of thiophene rings is 1. The highest BCUT2D eigenvalue weighted by molar-refractivity contribution is 7.18. The Morgan fingerprint density at radius 3 is 2.59 bits per heavy atom. The molecule has 0 aliphatic heterocycles. The van der Waals surface area contributed by atoms with Gasteiger partial charge in [-0.2, -0.15) is 5.10 Å². The molecule has 1 aromatic heterocycles. The van der Waals surface area contributed by atoms with Crippen molar-refractivity contribution in [1.29, 1.82) is 0 Å². The lowest BCUT2D eigenvalue weighted by Crippen LogP contribution is -2.07. The van der Waals surface area contributed by atoms with E-state index in [1.807, 2.05) is 42.5 Å². The fourth-order valence-electron chi connectivity index (χ4n) is 2.55. The first kappa shape index (κ1) is 18.9. The maximum absolute atomic E-state index is 12.5. The van der Waals surface area contributed by atoms with E-state index in [9.17, 15) is 4.79 Å². The molecule has 0 saturated heterocycles. The number of benzene rings is 2. The van der Waals surface area contributed by atoms with Gasteiger partial charge in [-0.25, -0.2) is 4.79 Å². The molecule has 3 N–H and O–H groups in total. The van der Waals surface area contributed by atoms with E-state index in [1.54, 1.807) is 25.3 Å². The van der Waals surface area contributed by atoms with Crippen LogP contribution in [0, 0.1) is 0 Å². The van der Waals surface area contributed by atoms with Crippen LogP contribution >= 0.6 is 22.9 Å². The molecule has 1 heterocycles. The summed E-state index contributed by atoms with van der Waals surface area (Å²) in [6, 6.07) is 16.8. The fraction of sp³-hybridized carbons (Fsp3) is 0.100. The van der Waals surface area contributed by atoms with E-state index in [1.165, 1.54) is 11.3 Å². The number of hydrazone groups is 1. The zero-order valence-electron chi connectivity index (χ0n) is 14.6. The number of carbonyl (C=O) groups excluding carboxylic acids is 1. The SMILES string of the molecule is CCOC(=O)c1c(N)sc(/C=N/Nc2ccccc2)c1-c1ccc(Cl)cc1. The smallest absolute Gasteiger partial charge is 0.341 e. The predicted molar refractivity (Wildman–Crippen MR) is 113 cm³/mol. The number of anilines is 2. The number of nitrogen functional groups attached to an aromatic ring is 1. The van der Waals surface area contributed by atoms with Gasteiger partial charge in [-0.3, -0.25) is 5.43 Å². The van der Waals surface area contributed by atoms with Crippen LogP contribution < -0.4 is 11.2 Å². The van der Waals surface area contributed by atoms with Crippen LogP contribution in [-0.2, 0) is 4.74 Å². The third-order valence-electron chi connectivity index (χ3n) is 3.72. The molecular formula is C20H18ClN3O2S. The Kier molecular flexibility index (Phi) is 6.11. The number of nitrogens with zero attached hydrogens (tertiary/aromatic N) is 1. The minimum absolute atomic E-state index is 0.271. The van der Waals surface area contributed by atoms with Crippen molar-refractivity contribution >= 4 is 45.8 Å². The number of nitrogens with two attached hydrogens (primary N) is 1. The molecule has 0 radical (unpaired) electrons. The monoisotopic (exact) mass is 399 g/mol. The average molecular weight is 400 g/mol. The number of nitrogens with one attached hydrogen (secondary N) is 1. The summed E-state index contributed by atoms with van der Waals surface area (Å²) in [4.78, 5) is 13.2. The molecule has 27 heavy (non-hydrogen) atoms. The number of rotatable bonds is 6. The van der Waals surface area contributed by atoms with Gasteiger partial charge in [-0.15, -0.1) is 11.3 Å². The summed E-state index contributed by atoms with van der Waals surface area (Å²) >= 11 is 7.28. The normalized spacial score (nSPS) is 10.9. The van der Waals surface area contributed by atoms with Crippen molar-refractivity contribution in [3.63, 3.8) is 0 Å². The van der Waals surface area contributed by atoms with E-state index in [0.717, 1.165) is 16.1 Å². The van der Waals surface area contributed by atoms with Gasteiger partial charge in [0, 0.05) is 10.6 Å². The van der Waals surface area contributed by atoms with Gasteiger partial charge in [0.15, 0.2) is 0 Å². The summed E-state index contributed by atoms with van der Waals surface area (Å²) in [5.41, 5.74) is 11.8. The summed E-state index contributed by atoms with van der Waals surface area (Å²) in [5, 5.41) is 5.28. The molecule has 0 spiro atoms. The molecule has 5 nitrogen and oxygen atoms in total. The average Bonchev–Trinajstić information content (AvgIpc) is 2.99. The van der Waals surface area contributed by atoms with Gasteiger partial charge in [-0.05, 0) is 36.8 Å². The van der Waals surface area contributed by atoms with Gasteiger partial charge < -0.3 is 10.5 Å². The molecule has 0 fully saturated rings. The van der Waals surface area contributed by atoms with Crippen molar-refractivity contribution in [2.24, 2.45) is 5.10 Å². The Balaban J connectivity index is 2.01. The highest BCUT2D eigenvalue weighted by Crippen LogP contribution is 2.38. The van der Waals surface area contributed by atoms with Crippen LogP contribution in [0.3, 0.4) is 0 Å². The number of esters is 1. The Bertz CT molecular complexity index is 953. The topological polar surface area (TPSA) is 76.7 Å². The molecule has 138 valence electrons. The van der Waals surface area contributed by atoms with Crippen LogP contribution in [0.15, 0.2) is 59.7 Å². The van der Waals surface area contributed by atoms with Crippen LogP contribution in [0.5, 0.6) is 0 Å². The summed E-state index contributed by atoms with van der Waals surface area (Å²) in [5.74, 6) is -0.452. The molecule has 0 aliphatic carbocycles. The molecule has 0 saturated carbocycles. The molecule has 2 aromatic carbocycles. The molecule has 0 unspecified atom stereocenters. The molecule has 0 bridgehead atoms. The standard InChI is InChI=1S/C20H18ClN3O2S/c1-2-26-20(25)18-17(13-8-10-14(21)11-9-13)16(27-19(18)22)12-23-24-15-6-4-3-5-7-15/h3-12,24H,2,22H2,1H3/b23-12+. The second kappa shape index (κ2) is 8.70. The Morgan fingerprint density at radius 1 is 1.22 bits per heavy atom. The van der Waals surface area contributed by atoms with Crippen LogP contribution in [0.2, 0.25) is 5.02 Å². The maximum atomic E-state index is 12.5. The second-order valence-electron chi connectivity index (χ2n) is 5.54. The Morgan fingerprint density at radius 2 is 1.93 bits per heavy atom. The van der Waals surface area contributed by atoms with Crippen molar-refractivity contribution in [2.75, 3.05) is 17.8 Å². The lowest BCUT2D eigenvalue weighted by Gasteiger charge is -2.07. The quantitative estimate of drug-likeness (QED) is 0.336. The minimum Gasteiger partial charge on any atom is -0.462 e. The van der Waals surface area contributed by atoms with Gasteiger partial charge in [0.25, 0.3) is 0 Å². The number of hydrogen-bond donors (Lipinski definition) is 2. The number of ether oxygens (including phenoxy) is 1. The zero-order chi connectivity index (χ0) is 19.2. The third-order valence-corrected chi connectivity index (χ3v) is 4.93. The highest BCUT2D eigenvalue weighted by atomic mass is 35.5. The van der Waals surface area contributed by atoms with Gasteiger partial charge in [-0.1, -0.05) is 41.9 Å². The van der Waals surface area contributed by atoms with Crippen LogP contribution in [0.4, 0.5) is 10.7 Å². The number of hydrogen-bond acceptors (Lipinski definition) is 6. The molecule has 3 rings (SSSR count). The molecule has 0 aliphatic rings. The lowest BCUT2D eigenvalue weighted by molar-refractivity contribution is 0.0529. The van der Waals surface area contributed by atoms with Gasteiger partial charge in [0.2, 0.25) is 0 Å². The molecule has 0 atom stereocenters. The molecular weight excluding hydrogens is 382 g/mol. The second-order valence-corrected chi connectivity index (χ2v) is 7.06. The van der Waals surface area contributed by atoms with Crippen molar-refractivity contribution in [3.05, 3.63) is 70.1 Å². The molecule has 0 amide bonds. The first-order valence-electron chi connectivity index (χ1n) is 8.29. The predicted octanol–water partition coefficient (Wildman–Crippen LogP) is 5.27. The van der Waals surface area contributed by atoms with Gasteiger partial charge >= 0.3 is 5.97 Å². The summed E-state index contributed by atoms with van der Waals surface area (Å²) in [7, 11) is 0. The summed E-state index contributed by atoms with van der Waals surface area (Å²) in [6.45, 7) is 2.03. The van der Waals surface area contributed by atoms with Crippen molar-refractivity contribution in [3.8, 4) is 11.1 Å². The van der Waals surface area contributed by atoms with Gasteiger partial charge in [0.05, 0.1) is 23.4 Å². The van der Waals surface area contributed by atoms with Crippen LogP contribution in [-0.4, -0.2) is 18.8 Å². The van der Waals surface area contributed by atoms with E-state index in [4.69, 9.17) is 22.1 Å². The first-order chi connectivity index (χ1) is 13.1. The molecule has 3 aromatic rings. The Labute approximate surface area is 166 Å². The van der Waals surface area contributed by atoms with Crippen LogP contribution in [0.25, 0.3) is 11.1 Å². The third kappa shape index (κ3) is 4.48. The Hall–Kier alpha value is -2.83. The van der Waals surface area contributed by atoms with E-state index < -0.39 is 5.97 Å². The van der Waals surface area contributed by atoms with E-state index in [2.05, 4.69) is 10.5 Å². The summed E-state index contributed by atoms with van der Waals surface area (Å²) < 4.78 is 5.18. The van der Waals surface area contributed by atoms with E-state index >= 15 is 0 Å². The van der Waals surface area contributed by atoms with Gasteiger partial charge in [0.1, 0.15) is 10.6 Å². The molecule has 7 heteroatoms. The van der Waals surface area contributed by atoms with Crippen molar-refractivity contribution < 1.29 is 9.53 Å². The highest BCUT2D eigenvalue weighted by Gasteiger charge is 2.24. The maximum Gasteiger partial charge on any atom is 0.341 e. The van der Waals surface area contributed by atoms with Crippen LogP contribution in [0.1, 0.15) is 22.2 Å². The number of para-hydroxylation sites is 1. The van der Waals surface area contributed by atoms with Crippen molar-refractivity contribution in [2.45, 2.75) is 6.92 Å². The number of halogens is 1. The van der Waals surface area contributed by atoms with Crippen molar-refractivity contribution in [1.82, 2.24) is 0 Å². The largest absolute Gasteiger partial charge is 0.462 e. The fourth-order valence-corrected chi connectivity index (χ4v) is 3.62.